The van der Waals surface area contributed by atoms with Crippen LogP contribution >= 0.6 is 0 Å². The molecule has 1 aromatic rings. The molecule has 1 aromatic heterocycles. The number of amides is 1. The summed E-state index contributed by atoms with van der Waals surface area (Å²) < 4.78 is 2.08. The van der Waals surface area contributed by atoms with Gasteiger partial charge < -0.3 is 14.7 Å². The van der Waals surface area contributed by atoms with Crippen LogP contribution in [0.5, 0.6) is 0 Å². The van der Waals surface area contributed by atoms with Crippen LogP contribution in [0.3, 0.4) is 0 Å². The van der Waals surface area contributed by atoms with Crippen molar-refractivity contribution in [2.24, 2.45) is 5.16 Å². The molecule has 3 heterocycles. The van der Waals surface area contributed by atoms with Gasteiger partial charge in [0.05, 0.1) is 11.9 Å². The highest BCUT2D eigenvalue weighted by molar-refractivity contribution is 5.98. The molecule has 0 saturated carbocycles. The first-order chi connectivity index (χ1) is 9.28. The summed E-state index contributed by atoms with van der Waals surface area (Å²) >= 11 is 0. The van der Waals surface area contributed by atoms with E-state index in [1.807, 2.05) is 6.92 Å². The predicted octanol–water partition coefficient (Wildman–Crippen LogP) is 1.71. The molecule has 0 bridgehead atoms. The summed E-state index contributed by atoms with van der Waals surface area (Å²) in [5, 5.41) is 6.81. The Labute approximate surface area is 111 Å². The SMILES string of the molecule is CCC1=NOC(C(=O)Nc2cnc3n2CCCC3)C1. The lowest BCUT2D eigenvalue weighted by Crippen LogP contribution is -2.29. The maximum absolute atomic E-state index is 12.1. The molecule has 6 nitrogen and oxygen atoms in total. The summed E-state index contributed by atoms with van der Waals surface area (Å²) in [7, 11) is 0. The fraction of sp³-hybridized carbons (Fsp3) is 0.615. The highest BCUT2D eigenvalue weighted by Crippen LogP contribution is 2.21. The third-order valence-electron chi connectivity index (χ3n) is 3.65. The Kier molecular flexibility index (Phi) is 3.23. The fourth-order valence-corrected chi connectivity index (χ4v) is 2.50. The maximum Gasteiger partial charge on any atom is 0.269 e. The van der Waals surface area contributed by atoms with Crippen LogP contribution in [-0.4, -0.2) is 27.3 Å². The molecule has 2 aliphatic rings. The normalized spacial score (nSPS) is 21.5. The first-order valence-electron chi connectivity index (χ1n) is 6.84. The summed E-state index contributed by atoms with van der Waals surface area (Å²) in [6.07, 6.45) is 5.94. The summed E-state index contributed by atoms with van der Waals surface area (Å²) in [5.41, 5.74) is 0.940. The number of aryl methyl sites for hydroxylation is 1. The van der Waals surface area contributed by atoms with Crippen molar-refractivity contribution < 1.29 is 9.63 Å². The molecule has 0 saturated heterocycles. The van der Waals surface area contributed by atoms with Crippen molar-refractivity contribution in [3.05, 3.63) is 12.0 Å². The number of carbonyl (C=O) groups excluding carboxylic acids is 1. The number of aromatic nitrogens is 2. The Morgan fingerprint density at radius 3 is 3.26 bits per heavy atom. The summed E-state index contributed by atoms with van der Waals surface area (Å²) in [4.78, 5) is 21.6. The molecule has 0 aliphatic carbocycles. The quantitative estimate of drug-likeness (QED) is 0.901. The average molecular weight is 262 g/mol. The molecule has 1 unspecified atom stereocenters. The van der Waals surface area contributed by atoms with Crippen LogP contribution in [0, 0.1) is 0 Å². The van der Waals surface area contributed by atoms with Gasteiger partial charge in [-0.2, -0.15) is 0 Å². The Hall–Kier alpha value is -1.85. The first kappa shape index (κ1) is 12.2. The Balaban J connectivity index is 1.66. The van der Waals surface area contributed by atoms with E-state index in [0.717, 1.165) is 43.2 Å². The van der Waals surface area contributed by atoms with E-state index in [9.17, 15) is 4.79 Å². The van der Waals surface area contributed by atoms with E-state index in [-0.39, 0.29) is 5.91 Å². The minimum absolute atomic E-state index is 0.138. The van der Waals surface area contributed by atoms with Gasteiger partial charge in [-0.05, 0) is 19.3 Å². The van der Waals surface area contributed by atoms with Crippen molar-refractivity contribution >= 4 is 17.4 Å². The van der Waals surface area contributed by atoms with Gasteiger partial charge in [0.2, 0.25) is 6.10 Å². The van der Waals surface area contributed by atoms with Crippen LogP contribution in [0.2, 0.25) is 0 Å². The minimum Gasteiger partial charge on any atom is -0.382 e. The van der Waals surface area contributed by atoms with Gasteiger partial charge in [0.25, 0.3) is 5.91 Å². The van der Waals surface area contributed by atoms with Crippen molar-refractivity contribution in [3.63, 3.8) is 0 Å². The second-order valence-corrected chi connectivity index (χ2v) is 4.97. The van der Waals surface area contributed by atoms with E-state index in [1.165, 1.54) is 6.42 Å². The van der Waals surface area contributed by atoms with Crippen LogP contribution in [0.15, 0.2) is 11.4 Å². The standard InChI is InChI=1S/C13H18N4O2/c1-2-9-7-10(19-16-9)13(18)15-12-8-14-11-5-3-4-6-17(11)12/h8,10H,2-7H2,1H3,(H,15,18). The highest BCUT2D eigenvalue weighted by atomic mass is 16.6. The number of carbonyl (C=O) groups is 1. The molecular weight excluding hydrogens is 244 g/mol. The first-order valence-corrected chi connectivity index (χ1v) is 6.84. The third-order valence-corrected chi connectivity index (χ3v) is 3.65. The molecule has 1 atom stereocenters. The lowest BCUT2D eigenvalue weighted by molar-refractivity contribution is -0.125. The van der Waals surface area contributed by atoms with Crippen molar-refractivity contribution in [3.8, 4) is 0 Å². The Morgan fingerprint density at radius 1 is 1.58 bits per heavy atom. The molecule has 19 heavy (non-hydrogen) atoms. The van der Waals surface area contributed by atoms with E-state index in [1.54, 1.807) is 6.20 Å². The second kappa shape index (κ2) is 5.03. The van der Waals surface area contributed by atoms with Gasteiger partial charge in [-0.15, -0.1) is 0 Å². The molecule has 2 aliphatic heterocycles. The zero-order valence-corrected chi connectivity index (χ0v) is 11.1. The van der Waals surface area contributed by atoms with E-state index in [0.29, 0.717) is 6.42 Å². The van der Waals surface area contributed by atoms with Crippen molar-refractivity contribution in [2.45, 2.75) is 51.7 Å². The molecule has 0 aromatic carbocycles. The predicted molar refractivity (Wildman–Crippen MR) is 71.0 cm³/mol. The number of imidazole rings is 1. The summed E-state index contributed by atoms with van der Waals surface area (Å²) in [6, 6.07) is 0. The number of anilines is 1. The van der Waals surface area contributed by atoms with Crippen LogP contribution in [0.4, 0.5) is 5.82 Å². The molecule has 1 N–H and O–H groups in total. The zero-order valence-electron chi connectivity index (χ0n) is 11.1. The number of hydrogen-bond acceptors (Lipinski definition) is 4. The van der Waals surface area contributed by atoms with E-state index >= 15 is 0 Å². The monoisotopic (exact) mass is 262 g/mol. The second-order valence-electron chi connectivity index (χ2n) is 4.97. The summed E-state index contributed by atoms with van der Waals surface area (Å²) in [5.74, 6) is 1.69. The Bertz CT molecular complexity index is 521. The van der Waals surface area contributed by atoms with Crippen molar-refractivity contribution in [1.82, 2.24) is 9.55 Å². The number of nitrogens with zero attached hydrogens (tertiary/aromatic N) is 3. The molecule has 0 spiro atoms. The molecule has 102 valence electrons. The van der Waals surface area contributed by atoms with Crippen LogP contribution in [0.25, 0.3) is 0 Å². The van der Waals surface area contributed by atoms with Crippen molar-refractivity contribution in [2.75, 3.05) is 5.32 Å². The van der Waals surface area contributed by atoms with Gasteiger partial charge in [-0.25, -0.2) is 4.98 Å². The van der Waals surface area contributed by atoms with Gasteiger partial charge in [0, 0.05) is 19.4 Å². The van der Waals surface area contributed by atoms with Gasteiger partial charge in [0.1, 0.15) is 11.6 Å². The lowest BCUT2D eigenvalue weighted by Gasteiger charge is -2.17. The molecule has 1 amide bonds. The van der Waals surface area contributed by atoms with Gasteiger partial charge in [-0.3, -0.25) is 4.79 Å². The van der Waals surface area contributed by atoms with Gasteiger partial charge in [0.15, 0.2) is 0 Å². The molecular formula is C13H18N4O2. The fourth-order valence-electron chi connectivity index (χ4n) is 2.50. The average Bonchev–Trinajstić information content (AvgIpc) is 3.06. The topological polar surface area (TPSA) is 68.5 Å². The number of nitrogens with one attached hydrogen (secondary N) is 1. The van der Waals surface area contributed by atoms with E-state index < -0.39 is 6.10 Å². The largest absolute Gasteiger partial charge is 0.382 e. The number of rotatable bonds is 3. The van der Waals surface area contributed by atoms with Crippen molar-refractivity contribution in [1.29, 1.82) is 0 Å². The van der Waals surface area contributed by atoms with E-state index in [4.69, 9.17) is 4.84 Å². The highest BCUT2D eigenvalue weighted by Gasteiger charge is 2.28. The number of hydrogen-bond donors (Lipinski definition) is 1. The molecule has 0 fully saturated rings. The minimum atomic E-state index is -0.496. The molecule has 3 rings (SSSR count). The lowest BCUT2D eigenvalue weighted by atomic mass is 10.1. The molecule has 0 radical (unpaired) electrons. The number of fused-ring (bicyclic) bond motifs is 1. The number of oxime groups is 1. The molecule has 6 heteroatoms. The van der Waals surface area contributed by atoms with Crippen LogP contribution < -0.4 is 5.32 Å². The van der Waals surface area contributed by atoms with Gasteiger partial charge in [-0.1, -0.05) is 12.1 Å². The van der Waals surface area contributed by atoms with Crippen LogP contribution in [-0.2, 0) is 22.6 Å². The zero-order chi connectivity index (χ0) is 13.2. The summed E-state index contributed by atoms with van der Waals surface area (Å²) in [6.45, 7) is 2.93. The van der Waals surface area contributed by atoms with E-state index in [2.05, 4.69) is 20.0 Å². The smallest absolute Gasteiger partial charge is 0.269 e. The van der Waals surface area contributed by atoms with Gasteiger partial charge >= 0.3 is 0 Å². The third kappa shape index (κ3) is 2.34. The Morgan fingerprint density at radius 2 is 2.47 bits per heavy atom. The maximum atomic E-state index is 12.1. The van der Waals surface area contributed by atoms with Crippen LogP contribution in [0.1, 0.15) is 38.4 Å².